The van der Waals surface area contributed by atoms with Gasteiger partial charge in [0.05, 0.1) is 16.3 Å². The van der Waals surface area contributed by atoms with Gasteiger partial charge in [0, 0.05) is 18.1 Å². The highest BCUT2D eigenvalue weighted by Crippen LogP contribution is 2.28. The highest BCUT2D eigenvalue weighted by molar-refractivity contribution is 6.37. The first kappa shape index (κ1) is 18.1. The summed E-state index contributed by atoms with van der Waals surface area (Å²) in [7, 11) is 0. The summed E-state index contributed by atoms with van der Waals surface area (Å²) in [5.74, 6) is -1.15. The first-order valence-electron chi connectivity index (χ1n) is 6.31. The van der Waals surface area contributed by atoms with Crippen LogP contribution in [0.25, 0.3) is 0 Å². The fourth-order valence-electron chi connectivity index (χ4n) is 1.64. The molecule has 0 saturated carbocycles. The molecule has 0 bridgehead atoms. The van der Waals surface area contributed by atoms with E-state index in [0.29, 0.717) is 13.1 Å². The zero-order chi connectivity index (χ0) is 16.7. The molecule has 0 aromatic heterocycles. The zero-order valence-corrected chi connectivity index (χ0v) is 13.4. The molecular weight excluding hydrogens is 327 g/mol. The van der Waals surface area contributed by atoms with Crippen LogP contribution in [0.3, 0.4) is 0 Å². The van der Waals surface area contributed by atoms with Gasteiger partial charge in [-0.25, -0.2) is 4.79 Å². The van der Waals surface area contributed by atoms with Gasteiger partial charge in [-0.1, -0.05) is 35.4 Å². The Morgan fingerprint density at radius 3 is 2.36 bits per heavy atom. The summed E-state index contributed by atoms with van der Waals surface area (Å²) in [4.78, 5) is 25.4. The van der Waals surface area contributed by atoms with Gasteiger partial charge in [-0.15, -0.1) is 13.2 Å². The van der Waals surface area contributed by atoms with Crippen LogP contribution in [0, 0.1) is 0 Å². The number of nitrogens with zero attached hydrogens (tertiary/aromatic N) is 1. The minimum atomic E-state index is -0.771. The molecule has 7 heteroatoms. The van der Waals surface area contributed by atoms with Gasteiger partial charge in [-0.05, 0) is 12.1 Å². The molecule has 0 aliphatic heterocycles. The van der Waals surface area contributed by atoms with Gasteiger partial charge in [0.25, 0.3) is 5.91 Å². The van der Waals surface area contributed by atoms with Crippen LogP contribution in [-0.4, -0.2) is 36.5 Å². The molecule has 0 radical (unpaired) electrons. The molecule has 0 aliphatic carbocycles. The lowest BCUT2D eigenvalue weighted by molar-refractivity contribution is -0.133. The lowest BCUT2D eigenvalue weighted by Crippen LogP contribution is -2.35. The number of carbonyl (C=O) groups excluding carboxylic acids is 2. The molecule has 22 heavy (non-hydrogen) atoms. The Morgan fingerprint density at radius 2 is 1.82 bits per heavy atom. The number of rotatable bonds is 7. The van der Waals surface area contributed by atoms with Crippen LogP contribution in [0.1, 0.15) is 10.4 Å². The maximum absolute atomic E-state index is 12.0. The van der Waals surface area contributed by atoms with Crippen LogP contribution in [0.15, 0.2) is 37.4 Å². The fraction of sp³-hybridized carbons (Fsp3) is 0.200. The number of hydrogen-bond donors (Lipinski definition) is 1. The van der Waals surface area contributed by atoms with E-state index in [1.54, 1.807) is 12.2 Å². The summed E-state index contributed by atoms with van der Waals surface area (Å²) in [6, 6.07) is 2.75. The minimum absolute atomic E-state index is 0.0179. The predicted octanol–water partition coefficient (Wildman–Crippen LogP) is 2.93. The van der Waals surface area contributed by atoms with E-state index in [1.807, 2.05) is 0 Å². The van der Waals surface area contributed by atoms with Crippen molar-refractivity contribution in [3.05, 3.63) is 53.1 Å². The summed E-state index contributed by atoms with van der Waals surface area (Å²) in [5, 5.41) is 0.392. The van der Waals surface area contributed by atoms with Crippen LogP contribution in [0.2, 0.25) is 10.0 Å². The lowest BCUT2D eigenvalue weighted by atomic mass is 10.2. The highest BCUT2D eigenvalue weighted by atomic mass is 35.5. The molecule has 0 aliphatic rings. The minimum Gasteiger partial charge on any atom is -0.452 e. The highest BCUT2D eigenvalue weighted by Gasteiger charge is 2.18. The molecule has 5 nitrogen and oxygen atoms in total. The number of nitrogens with two attached hydrogens (primary N) is 1. The third kappa shape index (κ3) is 4.79. The standard InChI is InChI=1S/C15H16Cl2N2O3/c1-3-5-19(6-4-2)13(20)9-22-15(21)11-7-10(16)8-12(17)14(11)18/h3-4,7-8H,1-2,5-6,9,18H2. The predicted molar refractivity (Wildman–Crippen MR) is 88.1 cm³/mol. The molecule has 0 unspecified atom stereocenters. The maximum atomic E-state index is 12.0. The van der Waals surface area contributed by atoms with Crippen LogP contribution in [0.5, 0.6) is 0 Å². The van der Waals surface area contributed by atoms with Crippen molar-refractivity contribution in [2.45, 2.75) is 0 Å². The van der Waals surface area contributed by atoms with Crippen molar-refractivity contribution < 1.29 is 14.3 Å². The van der Waals surface area contributed by atoms with E-state index in [4.69, 9.17) is 33.7 Å². The average Bonchev–Trinajstić information content (AvgIpc) is 2.47. The Hall–Kier alpha value is -1.98. The van der Waals surface area contributed by atoms with Crippen molar-refractivity contribution in [3.63, 3.8) is 0 Å². The van der Waals surface area contributed by atoms with E-state index in [2.05, 4.69) is 13.2 Å². The van der Waals surface area contributed by atoms with Gasteiger partial charge < -0.3 is 15.4 Å². The number of halogens is 2. The SMILES string of the molecule is C=CCN(CC=C)C(=O)COC(=O)c1cc(Cl)cc(Cl)c1N. The normalized spacial score (nSPS) is 9.91. The van der Waals surface area contributed by atoms with Gasteiger partial charge in [0.1, 0.15) is 0 Å². The summed E-state index contributed by atoms with van der Waals surface area (Å²) < 4.78 is 4.96. The number of nitrogen functional groups attached to an aromatic ring is 1. The maximum Gasteiger partial charge on any atom is 0.340 e. The first-order valence-corrected chi connectivity index (χ1v) is 7.07. The quantitative estimate of drug-likeness (QED) is 0.469. The molecular formula is C15H16Cl2N2O3. The Labute approximate surface area is 138 Å². The largest absolute Gasteiger partial charge is 0.452 e. The molecule has 0 spiro atoms. The number of benzene rings is 1. The Morgan fingerprint density at radius 1 is 1.23 bits per heavy atom. The third-order valence-electron chi connectivity index (χ3n) is 2.69. The number of hydrogen-bond acceptors (Lipinski definition) is 4. The first-order chi connectivity index (χ1) is 10.4. The summed E-state index contributed by atoms with van der Waals surface area (Å²) >= 11 is 11.7. The smallest absolute Gasteiger partial charge is 0.340 e. The second-order valence-electron chi connectivity index (χ2n) is 4.30. The number of esters is 1. The molecule has 1 aromatic rings. The molecule has 2 N–H and O–H groups in total. The second-order valence-corrected chi connectivity index (χ2v) is 5.14. The van der Waals surface area contributed by atoms with E-state index >= 15 is 0 Å². The van der Waals surface area contributed by atoms with Crippen molar-refractivity contribution in [2.75, 3.05) is 25.4 Å². The fourth-order valence-corrected chi connectivity index (χ4v) is 2.13. The number of anilines is 1. The van der Waals surface area contributed by atoms with Crippen molar-refractivity contribution in [2.24, 2.45) is 0 Å². The van der Waals surface area contributed by atoms with Crippen molar-refractivity contribution in [3.8, 4) is 0 Å². The van der Waals surface area contributed by atoms with Crippen LogP contribution in [0.4, 0.5) is 5.69 Å². The van der Waals surface area contributed by atoms with Gasteiger partial charge in [-0.2, -0.15) is 0 Å². The lowest BCUT2D eigenvalue weighted by Gasteiger charge is -2.19. The Bertz CT molecular complexity index is 593. The van der Waals surface area contributed by atoms with Crippen LogP contribution < -0.4 is 5.73 Å². The summed E-state index contributed by atoms with van der Waals surface area (Å²) in [6.45, 7) is 7.34. The monoisotopic (exact) mass is 342 g/mol. The Kier molecular flexibility index (Phi) is 6.95. The summed E-state index contributed by atoms with van der Waals surface area (Å²) in [6.07, 6.45) is 3.13. The molecule has 1 amide bonds. The van der Waals surface area contributed by atoms with Crippen LogP contribution in [-0.2, 0) is 9.53 Å². The van der Waals surface area contributed by atoms with Crippen LogP contribution >= 0.6 is 23.2 Å². The van der Waals surface area contributed by atoms with E-state index < -0.39 is 12.6 Å². The average molecular weight is 343 g/mol. The van der Waals surface area contributed by atoms with Crippen molar-refractivity contribution >= 4 is 40.8 Å². The van der Waals surface area contributed by atoms with E-state index in [0.717, 1.165) is 0 Å². The van der Waals surface area contributed by atoms with Crippen molar-refractivity contribution in [1.82, 2.24) is 4.90 Å². The second kappa shape index (κ2) is 8.46. The van der Waals surface area contributed by atoms with Gasteiger partial charge in [-0.3, -0.25) is 4.79 Å². The molecule has 0 fully saturated rings. The zero-order valence-electron chi connectivity index (χ0n) is 11.9. The van der Waals surface area contributed by atoms with E-state index in [-0.39, 0.29) is 27.2 Å². The number of amides is 1. The van der Waals surface area contributed by atoms with E-state index in [1.165, 1.54) is 17.0 Å². The van der Waals surface area contributed by atoms with E-state index in [9.17, 15) is 9.59 Å². The van der Waals surface area contributed by atoms with Gasteiger partial charge in [0.2, 0.25) is 0 Å². The molecule has 1 rings (SSSR count). The van der Waals surface area contributed by atoms with Gasteiger partial charge >= 0.3 is 5.97 Å². The molecule has 0 atom stereocenters. The van der Waals surface area contributed by atoms with Gasteiger partial charge in [0.15, 0.2) is 6.61 Å². The third-order valence-corrected chi connectivity index (χ3v) is 3.22. The molecule has 0 heterocycles. The molecule has 1 aromatic carbocycles. The molecule has 118 valence electrons. The van der Waals surface area contributed by atoms with Crippen molar-refractivity contribution in [1.29, 1.82) is 0 Å². The number of carbonyl (C=O) groups is 2. The number of ether oxygens (including phenoxy) is 1. The summed E-state index contributed by atoms with van der Waals surface area (Å²) in [5.41, 5.74) is 5.77. The molecule has 0 saturated heterocycles. The topological polar surface area (TPSA) is 72.6 Å². The Balaban J connectivity index is 2.75.